The van der Waals surface area contributed by atoms with Gasteiger partial charge in [-0.05, 0) is 41.3 Å². The van der Waals surface area contributed by atoms with Gasteiger partial charge >= 0.3 is 0 Å². The van der Waals surface area contributed by atoms with Gasteiger partial charge in [-0.25, -0.2) is 0 Å². The van der Waals surface area contributed by atoms with Crippen LogP contribution in [0.2, 0.25) is 0 Å². The lowest BCUT2D eigenvalue weighted by Gasteiger charge is -2.28. The van der Waals surface area contributed by atoms with Gasteiger partial charge in [0.05, 0.1) is 38.2 Å². The largest absolute Gasteiger partial charge is 0.868 e. The highest BCUT2D eigenvalue weighted by molar-refractivity contribution is 7.12. The zero-order chi connectivity index (χ0) is 21.7. The van der Waals surface area contributed by atoms with Crippen LogP contribution < -0.4 is 14.7 Å². The van der Waals surface area contributed by atoms with Crippen molar-refractivity contribution < 1.29 is 24.3 Å². The Balaban J connectivity index is 1.99. The fourth-order valence-electron chi connectivity index (χ4n) is 3.59. The third kappa shape index (κ3) is 4.74. The fraction of sp³-hybridized carbons (Fsp3) is 0.391. The number of carbonyl (C=O) groups is 2. The monoisotopic (exact) mass is 428 g/mol. The van der Waals surface area contributed by atoms with E-state index in [2.05, 4.69) is 0 Å². The van der Waals surface area contributed by atoms with E-state index in [1.165, 1.54) is 16.2 Å². The number of amides is 1. The summed E-state index contributed by atoms with van der Waals surface area (Å²) in [6.07, 6.45) is 1.61. The van der Waals surface area contributed by atoms with Crippen molar-refractivity contribution in [2.45, 2.75) is 25.8 Å². The number of quaternary nitrogens is 1. The van der Waals surface area contributed by atoms with E-state index in [0.717, 1.165) is 24.9 Å². The molecule has 6 nitrogen and oxygen atoms in total. The summed E-state index contributed by atoms with van der Waals surface area (Å²) in [5.74, 6) is -1.00. The molecule has 1 amide bonds. The number of hydrogen-bond acceptors (Lipinski definition) is 5. The van der Waals surface area contributed by atoms with Gasteiger partial charge in [-0.15, -0.1) is 11.3 Å². The van der Waals surface area contributed by atoms with E-state index >= 15 is 0 Å². The molecule has 1 aromatic carbocycles. The molecule has 0 saturated heterocycles. The molecular formula is C23H28N2O4S. The van der Waals surface area contributed by atoms with Crippen molar-refractivity contribution >= 4 is 23.0 Å². The summed E-state index contributed by atoms with van der Waals surface area (Å²) in [6, 6.07) is 10.1. The SMILES string of the molecule is CCCOc1cccc(C2C(C(=O)c3cccs3)=C([O-])C(=O)N2CCC[NH+](C)C)c1. The van der Waals surface area contributed by atoms with Crippen LogP contribution in [0.15, 0.2) is 53.1 Å². The number of thiophene rings is 1. The van der Waals surface area contributed by atoms with Crippen LogP contribution in [0.1, 0.15) is 41.0 Å². The van der Waals surface area contributed by atoms with Gasteiger partial charge in [-0.1, -0.05) is 25.1 Å². The molecule has 3 rings (SSSR count). The average molecular weight is 429 g/mol. The van der Waals surface area contributed by atoms with Crippen molar-refractivity contribution in [2.75, 3.05) is 33.8 Å². The molecule has 0 saturated carbocycles. The summed E-state index contributed by atoms with van der Waals surface area (Å²) in [6.45, 7) is 3.88. The molecule has 0 spiro atoms. The lowest BCUT2D eigenvalue weighted by atomic mass is 9.95. The molecule has 1 unspecified atom stereocenters. The minimum absolute atomic E-state index is 0.0345. The number of nitrogens with zero attached hydrogens (tertiary/aromatic N) is 1. The van der Waals surface area contributed by atoms with E-state index in [0.29, 0.717) is 23.8 Å². The summed E-state index contributed by atoms with van der Waals surface area (Å²) < 4.78 is 5.74. The van der Waals surface area contributed by atoms with Crippen molar-refractivity contribution in [3.05, 3.63) is 63.6 Å². The topological polar surface area (TPSA) is 74.1 Å². The highest BCUT2D eigenvalue weighted by Gasteiger charge is 2.39. The molecule has 1 aliphatic heterocycles. The van der Waals surface area contributed by atoms with Crippen molar-refractivity contribution in [3.63, 3.8) is 0 Å². The molecule has 7 heteroatoms. The zero-order valence-corrected chi connectivity index (χ0v) is 18.5. The third-order valence-electron chi connectivity index (χ3n) is 5.00. The van der Waals surface area contributed by atoms with Gasteiger partial charge in [0.15, 0.2) is 0 Å². The Morgan fingerprint density at radius 1 is 1.27 bits per heavy atom. The molecule has 0 fully saturated rings. The molecule has 1 aliphatic rings. The zero-order valence-electron chi connectivity index (χ0n) is 17.6. The molecule has 1 N–H and O–H groups in total. The highest BCUT2D eigenvalue weighted by atomic mass is 32.1. The molecule has 0 radical (unpaired) electrons. The summed E-state index contributed by atoms with van der Waals surface area (Å²) in [5.41, 5.74) is 0.757. The Labute approximate surface area is 181 Å². The number of carbonyl (C=O) groups excluding carboxylic acids is 2. The highest BCUT2D eigenvalue weighted by Crippen LogP contribution is 2.39. The second kappa shape index (κ2) is 9.91. The Kier molecular flexibility index (Phi) is 7.29. The summed E-state index contributed by atoms with van der Waals surface area (Å²) >= 11 is 1.28. The number of ether oxygens (including phenoxy) is 1. The van der Waals surface area contributed by atoms with E-state index in [9.17, 15) is 14.7 Å². The van der Waals surface area contributed by atoms with Gasteiger partial charge in [0.25, 0.3) is 0 Å². The van der Waals surface area contributed by atoms with Crippen molar-refractivity contribution in [1.29, 1.82) is 0 Å². The first-order valence-electron chi connectivity index (χ1n) is 10.3. The van der Waals surface area contributed by atoms with E-state index in [1.807, 2.05) is 45.3 Å². The minimum atomic E-state index is -0.699. The quantitative estimate of drug-likeness (QED) is 0.582. The van der Waals surface area contributed by atoms with Crippen LogP contribution in [0.3, 0.4) is 0 Å². The van der Waals surface area contributed by atoms with Gasteiger partial charge in [-0.3, -0.25) is 9.59 Å². The smallest absolute Gasteiger partial charge is 0.239 e. The Bertz CT molecular complexity index is 921. The minimum Gasteiger partial charge on any atom is -0.868 e. The first-order valence-corrected chi connectivity index (χ1v) is 11.1. The van der Waals surface area contributed by atoms with Crippen molar-refractivity contribution in [1.82, 2.24) is 4.90 Å². The standard InChI is InChI=1S/C23H28N2O4S/c1-4-13-29-17-9-5-8-16(15-17)20-19(21(26)18-10-6-14-30-18)22(27)23(28)25(20)12-7-11-24(2)3/h5-6,8-10,14-15,20,27H,4,7,11-13H2,1-3H3. The van der Waals surface area contributed by atoms with E-state index in [4.69, 9.17) is 4.74 Å². The third-order valence-corrected chi connectivity index (χ3v) is 5.87. The van der Waals surface area contributed by atoms with Gasteiger partial charge in [-0.2, -0.15) is 0 Å². The van der Waals surface area contributed by atoms with Crippen LogP contribution in [0, 0.1) is 0 Å². The summed E-state index contributed by atoms with van der Waals surface area (Å²) in [7, 11) is 4.09. The molecule has 160 valence electrons. The number of rotatable bonds is 10. The van der Waals surface area contributed by atoms with Crippen LogP contribution in [-0.4, -0.2) is 50.4 Å². The number of ketones is 1. The van der Waals surface area contributed by atoms with E-state index in [-0.39, 0.29) is 11.4 Å². The normalized spacial score (nSPS) is 16.6. The van der Waals surface area contributed by atoms with Crippen LogP contribution in [0.4, 0.5) is 0 Å². The Morgan fingerprint density at radius 3 is 2.73 bits per heavy atom. The van der Waals surface area contributed by atoms with Crippen LogP contribution >= 0.6 is 11.3 Å². The predicted molar refractivity (Wildman–Crippen MR) is 115 cm³/mol. The van der Waals surface area contributed by atoms with Gasteiger partial charge in [0.2, 0.25) is 11.7 Å². The second-order valence-corrected chi connectivity index (χ2v) is 8.63. The molecule has 0 bridgehead atoms. The second-order valence-electron chi connectivity index (χ2n) is 7.68. The summed E-state index contributed by atoms with van der Waals surface area (Å²) in [5, 5.41) is 14.7. The molecule has 30 heavy (non-hydrogen) atoms. The van der Waals surface area contributed by atoms with Crippen LogP contribution in [0.25, 0.3) is 0 Å². The van der Waals surface area contributed by atoms with Crippen LogP contribution in [-0.2, 0) is 4.79 Å². The molecule has 2 heterocycles. The number of nitrogens with one attached hydrogen (secondary N) is 1. The number of hydrogen-bond donors (Lipinski definition) is 1. The van der Waals surface area contributed by atoms with E-state index < -0.39 is 17.7 Å². The first kappa shape index (κ1) is 22.1. The first-order chi connectivity index (χ1) is 14.4. The van der Waals surface area contributed by atoms with Crippen molar-refractivity contribution in [2.24, 2.45) is 0 Å². The summed E-state index contributed by atoms with van der Waals surface area (Å²) in [4.78, 5) is 29.3. The maximum atomic E-state index is 13.2. The number of benzene rings is 1. The van der Waals surface area contributed by atoms with Crippen LogP contribution in [0.5, 0.6) is 5.75 Å². The fourth-order valence-corrected chi connectivity index (χ4v) is 4.26. The molecule has 1 atom stereocenters. The lowest BCUT2D eigenvalue weighted by Crippen LogP contribution is -3.05. The number of Topliss-reactive ketones (excluding diaryl/α,β-unsaturated/α-hetero) is 1. The van der Waals surface area contributed by atoms with E-state index in [1.54, 1.807) is 22.4 Å². The maximum Gasteiger partial charge on any atom is 0.239 e. The van der Waals surface area contributed by atoms with Crippen molar-refractivity contribution in [3.8, 4) is 5.75 Å². The Morgan fingerprint density at radius 2 is 2.07 bits per heavy atom. The lowest BCUT2D eigenvalue weighted by molar-refractivity contribution is -0.858. The maximum absolute atomic E-state index is 13.2. The van der Waals surface area contributed by atoms with Gasteiger partial charge in [0.1, 0.15) is 5.75 Å². The Hall–Kier alpha value is -2.64. The molecule has 0 aliphatic carbocycles. The molecule has 1 aromatic heterocycles. The van der Waals surface area contributed by atoms with Gasteiger partial charge in [0, 0.05) is 18.5 Å². The molecule has 2 aromatic rings. The predicted octanol–water partition coefficient (Wildman–Crippen LogP) is 1.45. The van der Waals surface area contributed by atoms with Gasteiger partial charge < -0.3 is 19.6 Å². The average Bonchev–Trinajstić information content (AvgIpc) is 3.35. The molecular weight excluding hydrogens is 400 g/mol.